The SMILES string of the molecule is Cc1cc2nc(N3C(=N)SCC3=O)sc2cc1C. The van der Waals surface area contributed by atoms with Crippen LogP contribution in [0.3, 0.4) is 0 Å². The second-order valence-electron chi connectivity index (χ2n) is 4.22. The Labute approximate surface area is 113 Å². The maximum Gasteiger partial charge on any atom is 0.245 e. The van der Waals surface area contributed by atoms with Crippen molar-refractivity contribution in [2.75, 3.05) is 10.7 Å². The second-order valence-corrected chi connectivity index (χ2v) is 6.20. The average Bonchev–Trinajstić information content (AvgIpc) is 2.83. The van der Waals surface area contributed by atoms with Crippen LogP contribution in [0.5, 0.6) is 0 Å². The lowest BCUT2D eigenvalue weighted by molar-refractivity contribution is -0.115. The van der Waals surface area contributed by atoms with Gasteiger partial charge in [0.2, 0.25) is 5.91 Å². The van der Waals surface area contributed by atoms with Crippen LogP contribution < -0.4 is 4.90 Å². The van der Waals surface area contributed by atoms with Gasteiger partial charge < -0.3 is 0 Å². The zero-order valence-corrected chi connectivity index (χ0v) is 11.6. The molecule has 92 valence electrons. The van der Waals surface area contributed by atoms with Gasteiger partial charge in [-0.3, -0.25) is 10.2 Å². The van der Waals surface area contributed by atoms with Gasteiger partial charge in [-0.2, -0.15) is 0 Å². The summed E-state index contributed by atoms with van der Waals surface area (Å²) in [4.78, 5) is 17.6. The number of hydrogen-bond donors (Lipinski definition) is 1. The van der Waals surface area contributed by atoms with Crippen molar-refractivity contribution in [2.45, 2.75) is 13.8 Å². The van der Waals surface area contributed by atoms with Crippen LogP contribution in [-0.2, 0) is 4.79 Å². The molecule has 18 heavy (non-hydrogen) atoms. The fourth-order valence-corrected chi connectivity index (χ4v) is 3.66. The number of benzene rings is 1. The molecule has 3 rings (SSSR count). The zero-order valence-electron chi connectivity index (χ0n) is 9.98. The number of carbonyl (C=O) groups is 1. The van der Waals surface area contributed by atoms with E-state index in [2.05, 4.69) is 18.0 Å². The number of nitrogens with one attached hydrogen (secondary N) is 1. The first-order valence-electron chi connectivity index (χ1n) is 5.48. The van der Waals surface area contributed by atoms with E-state index < -0.39 is 0 Å². The minimum absolute atomic E-state index is 0.0579. The van der Waals surface area contributed by atoms with E-state index in [1.165, 1.54) is 39.1 Å². The number of fused-ring (bicyclic) bond motifs is 1. The van der Waals surface area contributed by atoms with Crippen molar-refractivity contribution in [1.29, 1.82) is 5.41 Å². The normalized spacial score (nSPS) is 16.0. The zero-order chi connectivity index (χ0) is 12.9. The predicted octanol–water partition coefficient (Wildman–Crippen LogP) is 2.93. The van der Waals surface area contributed by atoms with Crippen molar-refractivity contribution in [3.63, 3.8) is 0 Å². The second kappa shape index (κ2) is 4.07. The Morgan fingerprint density at radius 3 is 2.72 bits per heavy atom. The van der Waals surface area contributed by atoms with E-state index >= 15 is 0 Å². The molecule has 0 radical (unpaired) electrons. The van der Waals surface area contributed by atoms with Gasteiger partial charge in [0.05, 0.1) is 16.0 Å². The number of amides is 1. The standard InChI is InChI=1S/C12H11N3OS2/c1-6-3-8-9(4-7(6)2)18-12(14-8)15-10(16)5-17-11(15)13/h3-4,13H,5H2,1-2H3. The first-order valence-corrected chi connectivity index (χ1v) is 7.28. The highest BCUT2D eigenvalue weighted by atomic mass is 32.2. The highest BCUT2D eigenvalue weighted by Gasteiger charge is 2.30. The van der Waals surface area contributed by atoms with Crippen LogP contribution >= 0.6 is 23.1 Å². The largest absolute Gasteiger partial charge is 0.278 e. The van der Waals surface area contributed by atoms with Gasteiger partial charge in [0.1, 0.15) is 0 Å². The molecule has 0 bridgehead atoms. The Morgan fingerprint density at radius 1 is 1.33 bits per heavy atom. The Morgan fingerprint density at radius 2 is 2.06 bits per heavy atom. The van der Waals surface area contributed by atoms with Crippen LogP contribution in [0.15, 0.2) is 12.1 Å². The number of carbonyl (C=O) groups excluding carboxylic acids is 1. The summed E-state index contributed by atoms with van der Waals surface area (Å²) < 4.78 is 1.06. The molecule has 6 heteroatoms. The predicted molar refractivity (Wildman–Crippen MR) is 76.8 cm³/mol. The Balaban J connectivity index is 2.14. The van der Waals surface area contributed by atoms with E-state index in [0.29, 0.717) is 10.9 Å². The smallest absolute Gasteiger partial charge is 0.245 e. The first-order chi connectivity index (χ1) is 8.56. The summed E-state index contributed by atoms with van der Waals surface area (Å²) in [6.45, 7) is 4.11. The van der Waals surface area contributed by atoms with Crippen LogP contribution in [0.1, 0.15) is 11.1 Å². The van der Waals surface area contributed by atoms with E-state index in [1.807, 2.05) is 13.0 Å². The lowest BCUT2D eigenvalue weighted by Crippen LogP contribution is -2.28. The molecular weight excluding hydrogens is 266 g/mol. The summed E-state index contributed by atoms with van der Waals surface area (Å²) in [5.74, 6) is 0.282. The van der Waals surface area contributed by atoms with Crippen LogP contribution in [0, 0.1) is 19.3 Å². The third-order valence-electron chi connectivity index (χ3n) is 2.97. The van der Waals surface area contributed by atoms with Gasteiger partial charge >= 0.3 is 0 Å². The van der Waals surface area contributed by atoms with E-state index in [9.17, 15) is 4.79 Å². The molecule has 1 saturated heterocycles. The molecule has 2 aromatic rings. The monoisotopic (exact) mass is 277 g/mol. The number of anilines is 1. The number of aromatic nitrogens is 1. The maximum atomic E-state index is 11.7. The summed E-state index contributed by atoms with van der Waals surface area (Å²) in [6, 6.07) is 4.12. The number of amidine groups is 1. The van der Waals surface area contributed by atoms with Gasteiger partial charge in [0, 0.05) is 0 Å². The molecule has 1 aromatic heterocycles. The van der Waals surface area contributed by atoms with Crippen molar-refractivity contribution < 1.29 is 4.79 Å². The summed E-state index contributed by atoms with van der Waals surface area (Å²) >= 11 is 2.72. The fourth-order valence-electron chi connectivity index (χ4n) is 1.83. The highest BCUT2D eigenvalue weighted by molar-refractivity contribution is 8.15. The van der Waals surface area contributed by atoms with Crippen molar-refractivity contribution in [1.82, 2.24) is 4.98 Å². The van der Waals surface area contributed by atoms with Gasteiger partial charge in [-0.1, -0.05) is 23.1 Å². The number of nitrogens with zero attached hydrogens (tertiary/aromatic N) is 2. The quantitative estimate of drug-likeness (QED) is 0.872. The van der Waals surface area contributed by atoms with Crippen molar-refractivity contribution >= 4 is 49.5 Å². The van der Waals surface area contributed by atoms with Crippen molar-refractivity contribution in [3.8, 4) is 0 Å². The molecule has 1 fully saturated rings. The summed E-state index contributed by atoms with van der Waals surface area (Å²) in [6.07, 6.45) is 0. The Hall–Kier alpha value is -1.40. The van der Waals surface area contributed by atoms with Gasteiger partial charge in [-0.05, 0) is 37.1 Å². The molecule has 0 saturated carbocycles. The maximum absolute atomic E-state index is 11.7. The number of aryl methyl sites for hydroxylation is 2. The molecule has 1 aliphatic rings. The summed E-state index contributed by atoms with van der Waals surface area (Å²) in [5, 5.41) is 8.64. The van der Waals surface area contributed by atoms with Crippen LogP contribution in [0.25, 0.3) is 10.2 Å². The number of hydrogen-bond acceptors (Lipinski definition) is 5. The van der Waals surface area contributed by atoms with Gasteiger partial charge in [0.15, 0.2) is 10.3 Å². The van der Waals surface area contributed by atoms with Crippen molar-refractivity contribution in [2.24, 2.45) is 0 Å². The molecule has 2 heterocycles. The van der Waals surface area contributed by atoms with E-state index in [0.717, 1.165) is 10.2 Å². The van der Waals surface area contributed by atoms with E-state index in [4.69, 9.17) is 5.41 Å². The summed E-state index contributed by atoms with van der Waals surface area (Å²) in [5.41, 5.74) is 3.31. The minimum atomic E-state index is -0.0579. The van der Waals surface area contributed by atoms with Gasteiger partial charge in [-0.25, -0.2) is 9.88 Å². The lowest BCUT2D eigenvalue weighted by atomic mass is 10.1. The van der Waals surface area contributed by atoms with Crippen molar-refractivity contribution in [3.05, 3.63) is 23.3 Å². The number of thioether (sulfide) groups is 1. The molecule has 1 N–H and O–H groups in total. The fraction of sp³-hybridized carbons (Fsp3) is 0.250. The van der Waals surface area contributed by atoms with Crippen LogP contribution in [-0.4, -0.2) is 21.8 Å². The third kappa shape index (κ3) is 1.72. The molecule has 4 nitrogen and oxygen atoms in total. The Bertz CT molecular complexity index is 622. The number of thiazole rings is 1. The lowest BCUT2D eigenvalue weighted by Gasteiger charge is -2.09. The third-order valence-corrected chi connectivity index (χ3v) is 4.82. The molecule has 1 aromatic carbocycles. The molecule has 0 unspecified atom stereocenters. The van der Waals surface area contributed by atoms with E-state index in [1.54, 1.807) is 0 Å². The van der Waals surface area contributed by atoms with Gasteiger partial charge in [0.25, 0.3) is 0 Å². The van der Waals surface area contributed by atoms with Crippen LogP contribution in [0.4, 0.5) is 5.13 Å². The molecule has 1 aliphatic heterocycles. The summed E-state index contributed by atoms with van der Waals surface area (Å²) in [7, 11) is 0. The first kappa shape index (κ1) is 11.7. The highest BCUT2D eigenvalue weighted by Crippen LogP contribution is 2.34. The molecule has 0 aliphatic carbocycles. The molecule has 1 amide bonds. The van der Waals surface area contributed by atoms with Crippen LogP contribution in [0.2, 0.25) is 0 Å². The Kier molecular flexibility index (Phi) is 2.64. The molecule has 0 atom stereocenters. The van der Waals surface area contributed by atoms with Gasteiger partial charge in [-0.15, -0.1) is 0 Å². The van der Waals surface area contributed by atoms with E-state index in [-0.39, 0.29) is 11.1 Å². The average molecular weight is 277 g/mol. The molecule has 0 spiro atoms. The topological polar surface area (TPSA) is 57.1 Å². The molecular formula is C12H11N3OS2. The number of rotatable bonds is 1. The minimum Gasteiger partial charge on any atom is -0.278 e.